The Labute approximate surface area is 220 Å². The second kappa shape index (κ2) is 11.3. The molecule has 0 atom stereocenters. The number of morpholine rings is 1. The first-order valence-corrected chi connectivity index (χ1v) is 14.3. The lowest BCUT2D eigenvalue weighted by atomic mass is 10.0. The summed E-state index contributed by atoms with van der Waals surface area (Å²) in [6, 6.07) is 5.38. The van der Waals surface area contributed by atoms with Crippen LogP contribution in [0.25, 0.3) is 0 Å². The fourth-order valence-electron chi connectivity index (χ4n) is 4.31. The van der Waals surface area contributed by atoms with Crippen molar-refractivity contribution in [2.24, 2.45) is 0 Å². The molecule has 0 unspecified atom stereocenters. The molecule has 13 heteroatoms. The van der Waals surface area contributed by atoms with Crippen molar-refractivity contribution in [1.82, 2.24) is 19.8 Å². The summed E-state index contributed by atoms with van der Waals surface area (Å²) in [6.45, 7) is 6.85. The summed E-state index contributed by atoms with van der Waals surface area (Å²) in [5, 5.41) is 7.83. The second-order valence-corrected chi connectivity index (χ2v) is 12.1. The fraction of sp³-hybridized carbons (Fsp3) is 0.458. The number of carbonyl (C=O) groups is 3. The van der Waals surface area contributed by atoms with Crippen molar-refractivity contribution >= 4 is 44.2 Å². The monoisotopic (exact) mass is 549 g/mol. The lowest BCUT2D eigenvalue weighted by Gasteiger charge is -2.30. The topological polar surface area (TPSA) is 137 Å². The van der Waals surface area contributed by atoms with E-state index in [0.717, 1.165) is 17.0 Å². The molecule has 1 fully saturated rings. The van der Waals surface area contributed by atoms with Crippen LogP contribution in [0.1, 0.15) is 45.0 Å². The van der Waals surface area contributed by atoms with Crippen molar-refractivity contribution in [2.75, 3.05) is 45.2 Å². The van der Waals surface area contributed by atoms with Gasteiger partial charge >= 0.3 is 6.03 Å². The Morgan fingerprint density at radius 3 is 2.32 bits per heavy atom. The molecule has 37 heavy (non-hydrogen) atoms. The molecule has 0 saturated carbocycles. The number of nitrogens with one attached hydrogen (secondary N) is 3. The van der Waals surface area contributed by atoms with Gasteiger partial charge < -0.3 is 15.4 Å². The number of fused-ring (bicyclic) bond motifs is 1. The molecular formula is C24H31N5O6S2. The van der Waals surface area contributed by atoms with Gasteiger partial charge in [-0.05, 0) is 50.1 Å². The molecule has 1 aromatic heterocycles. The van der Waals surface area contributed by atoms with Gasteiger partial charge in [0.1, 0.15) is 5.00 Å². The van der Waals surface area contributed by atoms with Crippen LogP contribution >= 0.6 is 11.3 Å². The molecule has 0 bridgehead atoms. The average Bonchev–Trinajstić information content (AvgIpc) is 3.26. The number of hydrogen-bond donors (Lipinski definition) is 3. The number of carbonyl (C=O) groups excluding carboxylic acids is 3. The van der Waals surface area contributed by atoms with Gasteiger partial charge in [-0.1, -0.05) is 0 Å². The zero-order valence-corrected chi connectivity index (χ0v) is 22.6. The summed E-state index contributed by atoms with van der Waals surface area (Å²) in [4.78, 5) is 41.3. The minimum atomic E-state index is -3.68. The Morgan fingerprint density at radius 2 is 1.70 bits per heavy atom. The summed E-state index contributed by atoms with van der Waals surface area (Å²) in [5.74, 6) is -1.07. The molecule has 0 spiro atoms. The van der Waals surface area contributed by atoms with E-state index in [1.54, 1.807) is 0 Å². The highest BCUT2D eigenvalue weighted by Gasteiger charge is 2.31. The maximum absolute atomic E-state index is 13.1. The third kappa shape index (κ3) is 5.85. The molecule has 2 aliphatic rings. The number of rotatable bonds is 6. The summed E-state index contributed by atoms with van der Waals surface area (Å²) < 4.78 is 32.3. The van der Waals surface area contributed by atoms with Crippen LogP contribution in [0.15, 0.2) is 29.2 Å². The third-order valence-electron chi connectivity index (χ3n) is 6.45. The predicted octanol–water partition coefficient (Wildman–Crippen LogP) is 1.86. The number of benzene rings is 1. The molecule has 2 aliphatic heterocycles. The van der Waals surface area contributed by atoms with E-state index in [4.69, 9.17) is 4.74 Å². The number of hydrogen-bond acceptors (Lipinski definition) is 8. The van der Waals surface area contributed by atoms with Crippen LogP contribution in [-0.2, 0) is 27.7 Å². The largest absolute Gasteiger partial charge is 0.379 e. The summed E-state index contributed by atoms with van der Waals surface area (Å²) in [5.41, 5.74) is 1.35. The molecule has 0 radical (unpaired) electrons. The highest BCUT2D eigenvalue weighted by molar-refractivity contribution is 7.89. The quantitative estimate of drug-likeness (QED) is 0.500. The zero-order chi connectivity index (χ0) is 26.7. The summed E-state index contributed by atoms with van der Waals surface area (Å²) in [6.07, 6.45) is 0.616. The zero-order valence-electron chi connectivity index (χ0n) is 21.0. The molecule has 2 aromatic rings. The van der Waals surface area contributed by atoms with Gasteiger partial charge in [0.2, 0.25) is 10.0 Å². The molecule has 4 rings (SSSR count). The lowest BCUT2D eigenvalue weighted by Crippen LogP contribution is -2.40. The fourth-order valence-corrected chi connectivity index (χ4v) is 6.98. The Bertz CT molecular complexity index is 1280. The van der Waals surface area contributed by atoms with Crippen LogP contribution in [0.2, 0.25) is 0 Å². The SMILES string of the molecule is CNC(=O)NC(=O)c1c(NC(=O)c2ccc(S(=O)(=O)N3CCOCC3)cc2)sc2c1CCN(C(C)C)C2. The van der Waals surface area contributed by atoms with Gasteiger partial charge in [0.05, 0.1) is 23.7 Å². The third-order valence-corrected chi connectivity index (χ3v) is 9.49. The molecular weight excluding hydrogens is 518 g/mol. The van der Waals surface area contributed by atoms with Crippen molar-refractivity contribution < 1.29 is 27.5 Å². The molecule has 0 aliphatic carbocycles. The summed E-state index contributed by atoms with van der Waals surface area (Å²) in [7, 11) is -2.27. The Hall–Kier alpha value is -2.84. The highest BCUT2D eigenvalue weighted by Crippen LogP contribution is 2.38. The lowest BCUT2D eigenvalue weighted by molar-refractivity contribution is 0.0730. The van der Waals surface area contributed by atoms with E-state index < -0.39 is 27.9 Å². The molecule has 3 heterocycles. The average molecular weight is 550 g/mol. The van der Waals surface area contributed by atoms with Crippen molar-refractivity contribution in [3.8, 4) is 0 Å². The van der Waals surface area contributed by atoms with Crippen LogP contribution in [0.3, 0.4) is 0 Å². The molecule has 200 valence electrons. The first-order chi connectivity index (χ1) is 17.6. The number of ether oxygens (including phenoxy) is 1. The number of urea groups is 1. The minimum Gasteiger partial charge on any atom is -0.379 e. The smallest absolute Gasteiger partial charge is 0.321 e. The van der Waals surface area contributed by atoms with E-state index in [1.165, 1.54) is 47.0 Å². The molecule has 11 nitrogen and oxygen atoms in total. The van der Waals surface area contributed by atoms with E-state index in [2.05, 4.69) is 34.7 Å². The van der Waals surface area contributed by atoms with Crippen molar-refractivity contribution in [1.29, 1.82) is 0 Å². The maximum atomic E-state index is 13.1. The van der Waals surface area contributed by atoms with E-state index in [1.807, 2.05) is 0 Å². The van der Waals surface area contributed by atoms with Crippen LogP contribution in [0, 0.1) is 0 Å². The Balaban J connectivity index is 1.58. The van der Waals surface area contributed by atoms with Gasteiger partial charge in [-0.2, -0.15) is 4.31 Å². The standard InChI is InChI=1S/C24H31N5O6S2/c1-15(2)28-9-8-18-19(14-28)36-23(20(18)22(31)27-24(32)25-3)26-21(30)16-4-6-17(7-5-16)37(33,34)29-10-12-35-13-11-29/h4-7,15H,8-14H2,1-3H3,(H,26,30)(H2,25,27,31,32). The van der Waals surface area contributed by atoms with Crippen molar-refractivity contribution in [2.45, 2.75) is 37.8 Å². The van der Waals surface area contributed by atoms with Crippen molar-refractivity contribution in [3.05, 3.63) is 45.8 Å². The number of nitrogens with zero attached hydrogens (tertiary/aromatic N) is 2. The van der Waals surface area contributed by atoms with Crippen LogP contribution in [-0.4, -0.2) is 81.4 Å². The number of sulfonamides is 1. The molecule has 4 amide bonds. The van der Waals surface area contributed by atoms with Gasteiger partial charge in [0.25, 0.3) is 11.8 Å². The van der Waals surface area contributed by atoms with Crippen LogP contribution in [0.4, 0.5) is 9.80 Å². The highest BCUT2D eigenvalue weighted by atomic mass is 32.2. The van der Waals surface area contributed by atoms with E-state index in [-0.39, 0.29) is 29.1 Å². The maximum Gasteiger partial charge on any atom is 0.321 e. The van der Waals surface area contributed by atoms with Gasteiger partial charge in [0, 0.05) is 49.7 Å². The van der Waals surface area contributed by atoms with Gasteiger partial charge in [-0.25, -0.2) is 13.2 Å². The van der Waals surface area contributed by atoms with Crippen molar-refractivity contribution in [3.63, 3.8) is 0 Å². The number of amides is 4. The number of anilines is 1. The molecule has 1 saturated heterocycles. The second-order valence-electron chi connectivity index (χ2n) is 9.05. The van der Waals surface area contributed by atoms with E-state index >= 15 is 0 Å². The number of imide groups is 1. The van der Waals surface area contributed by atoms with Crippen LogP contribution < -0.4 is 16.0 Å². The molecule has 3 N–H and O–H groups in total. The minimum absolute atomic E-state index is 0.0944. The molecule has 1 aromatic carbocycles. The summed E-state index contributed by atoms with van der Waals surface area (Å²) >= 11 is 1.31. The van der Waals surface area contributed by atoms with Gasteiger partial charge in [-0.3, -0.25) is 19.8 Å². The first-order valence-electron chi connectivity index (χ1n) is 12.0. The van der Waals surface area contributed by atoms with E-state index in [0.29, 0.717) is 37.2 Å². The Kier molecular flexibility index (Phi) is 8.29. The Morgan fingerprint density at radius 1 is 1.03 bits per heavy atom. The van der Waals surface area contributed by atoms with Gasteiger partial charge in [-0.15, -0.1) is 11.3 Å². The van der Waals surface area contributed by atoms with Gasteiger partial charge in [0.15, 0.2) is 0 Å². The van der Waals surface area contributed by atoms with E-state index in [9.17, 15) is 22.8 Å². The first kappa shape index (κ1) is 27.2. The number of thiophene rings is 1. The van der Waals surface area contributed by atoms with Crippen LogP contribution in [0.5, 0.6) is 0 Å². The predicted molar refractivity (Wildman–Crippen MR) is 139 cm³/mol. The normalized spacial score (nSPS) is 16.8.